The van der Waals surface area contributed by atoms with Crippen molar-refractivity contribution in [2.75, 3.05) is 5.43 Å². The summed E-state index contributed by atoms with van der Waals surface area (Å²) < 4.78 is 25.4. The number of carbonyl (C=O) groups excluding carboxylic acids is 1. The smallest absolute Gasteiger partial charge is 0.289 e. The fourth-order valence-electron chi connectivity index (χ4n) is 2.97. The van der Waals surface area contributed by atoms with E-state index in [-0.39, 0.29) is 36.3 Å². The average Bonchev–Trinajstić information content (AvgIpc) is 3.28. The number of hydrogen-bond acceptors (Lipinski definition) is 10. The van der Waals surface area contributed by atoms with Gasteiger partial charge >= 0.3 is 0 Å². The third kappa shape index (κ3) is 7.92. The second-order valence-corrected chi connectivity index (χ2v) is 12.4. The van der Waals surface area contributed by atoms with Crippen LogP contribution in [0.5, 0.6) is 5.88 Å². The third-order valence-electron chi connectivity index (χ3n) is 5.02. The lowest BCUT2D eigenvalue weighted by molar-refractivity contribution is -0.115. The van der Waals surface area contributed by atoms with Gasteiger partial charge < -0.3 is 5.11 Å². The molecule has 1 aromatic heterocycles. The number of thiazole rings is 1. The minimum Gasteiger partial charge on any atom is -0.491 e. The number of nitrogens with one attached hydrogen (secondary N) is 3. The number of sulfonamides is 1. The molecular weight excluding hydrogens is 656 g/mol. The molecule has 0 aliphatic heterocycles. The molecule has 0 saturated heterocycles. The summed E-state index contributed by atoms with van der Waals surface area (Å²) in [5, 5.41) is 23.3. The zero-order valence-corrected chi connectivity index (χ0v) is 25.2. The van der Waals surface area contributed by atoms with Crippen LogP contribution in [-0.2, 0) is 14.8 Å². The number of halogens is 4. The van der Waals surface area contributed by atoms with Crippen LogP contribution in [-0.4, -0.2) is 30.1 Å². The van der Waals surface area contributed by atoms with Crippen LogP contribution in [0.25, 0.3) is 0 Å². The van der Waals surface area contributed by atoms with Gasteiger partial charge in [-0.15, -0.1) is 15.1 Å². The van der Waals surface area contributed by atoms with Gasteiger partial charge in [0.2, 0.25) is 5.00 Å². The molecule has 41 heavy (non-hydrogen) atoms. The number of nitrogens with zero attached hydrogens (tertiary/aromatic N) is 4. The number of benzene rings is 3. The first-order chi connectivity index (χ1) is 19.4. The molecule has 1 amide bonds. The largest absolute Gasteiger partial charge is 0.491 e. The number of carbonyl (C=O) groups is 1. The zero-order chi connectivity index (χ0) is 29.7. The molecule has 212 valence electrons. The molecule has 4 aromatic rings. The summed E-state index contributed by atoms with van der Waals surface area (Å²) in [4.78, 5) is 19.0. The second kappa shape index (κ2) is 13.1. The van der Waals surface area contributed by atoms with Crippen LogP contribution < -0.4 is 15.7 Å². The second-order valence-electron chi connectivity index (χ2n) is 8.01. The molecule has 0 unspecified atom stereocenters. The number of aromatic nitrogens is 1. The summed E-state index contributed by atoms with van der Waals surface area (Å²) in [7, 11) is -4.13. The van der Waals surface area contributed by atoms with Gasteiger partial charge in [-0.2, -0.15) is 10.1 Å². The number of azo groups is 1. The Bertz CT molecular complexity index is 1780. The molecule has 3 aromatic carbocycles. The van der Waals surface area contributed by atoms with Gasteiger partial charge in [-0.1, -0.05) is 75.4 Å². The van der Waals surface area contributed by atoms with Crippen LogP contribution >= 0.6 is 57.7 Å². The van der Waals surface area contributed by atoms with E-state index in [4.69, 9.17) is 46.4 Å². The van der Waals surface area contributed by atoms with E-state index in [1.165, 1.54) is 42.5 Å². The molecular formula is C24H17Cl4N7O4S2. The molecule has 0 atom stereocenters. The number of anilines is 1. The first kappa shape index (κ1) is 30.7. The first-order valence-electron chi connectivity index (χ1n) is 11.2. The molecule has 0 aliphatic carbocycles. The molecule has 0 bridgehead atoms. The summed E-state index contributed by atoms with van der Waals surface area (Å²) in [5.74, 6) is -1.58. The average molecular weight is 673 g/mol. The summed E-state index contributed by atoms with van der Waals surface area (Å²) in [6, 6.07) is 15.0. The Morgan fingerprint density at radius 3 is 2.24 bits per heavy atom. The number of amides is 1. The van der Waals surface area contributed by atoms with Gasteiger partial charge in [-0.25, -0.2) is 8.42 Å². The van der Waals surface area contributed by atoms with Crippen molar-refractivity contribution in [2.24, 2.45) is 15.3 Å². The molecule has 4 rings (SSSR count). The monoisotopic (exact) mass is 671 g/mol. The van der Waals surface area contributed by atoms with Gasteiger partial charge in [0.15, 0.2) is 10.7 Å². The summed E-state index contributed by atoms with van der Waals surface area (Å²) >= 11 is 24.9. The maximum atomic E-state index is 13.2. The predicted molar refractivity (Wildman–Crippen MR) is 161 cm³/mol. The molecule has 0 fully saturated rings. The molecule has 0 spiro atoms. The highest BCUT2D eigenvalue weighted by molar-refractivity contribution is 7.89. The van der Waals surface area contributed by atoms with E-state index < -0.39 is 27.5 Å². The van der Waals surface area contributed by atoms with Crippen molar-refractivity contribution in [2.45, 2.75) is 11.8 Å². The van der Waals surface area contributed by atoms with Gasteiger partial charge in [-0.3, -0.25) is 15.6 Å². The normalized spacial score (nSPS) is 12.1. The molecule has 0 saturated carbocycles. The molecule has 0 radical (unpaired) electrons. The van der Waals surface area contributed by atoms with E-state index in [1.54, 1.807) is 25.1 Å². The van der Waals surface area contributed by atoms with Crippen molar-refractivity contribution >= 4 is 95.8 Å². The Morgan fingerprint density at radius 2 is 1.59 bits per heavy atom. The minimum absolute atomic E-state index is 0.0802. The van der Waals surface area contributed by atoms with Crippen molar-refractivity contribution < 1.29 is 18.3 Å². The number of hydrogen-bond donors (Lipinski definition) is 4. The third-order valence-corrected chi connectivity index (χ3v) is 8.30. The van der Waals surface area contributed by atoms with E-state index in [1.807, 2.05) is 4.83 Å². The van der Waals surface area contributed by atoms with E-state index >= 15 is 0 Å². The SMILES string of the molecule is Cc1ccc(S(=O)(=O)NNC(=O)/C(=N/Nc2ccc(Cl)cc2Cl)c2nc(O)c(N=Nc3ccc(Cl)cc3Cl)s2)cc1. The highest BCUT2D eigenvalue weighted by Gasteiger charge is 2.24. The summed E-state index contributed by atoms with van der Waals surface area (Å²) in [6.07, 6.45) is 0. The zero-order valence-electron chi connectivity index (χ0n) is 20.6. The maximum Gasteiger partial charge on any atom is 0.289 e. The minimum atomic E-state index is -4.13. The molecule has 0 aliphatic rings. The van der Waals surface area contributed by atoms with Crippen molar-refractivity contribution in [3.05, 3.63) is 91.3 Å². The number of hydrazine groups is 1. The lowest BCUT2D eigenvalue weighted by atomic mass is 10.2. The molecule has 1 heterocycles. The fourth-order valence-corrected chi connectivity index (χ4v) is 5.48. The topological polar surface area (TPSA) is 158 Å². The van der Waals surface area contributed by atoms with Crippen LogP contribution in [0, 0.1) is 6.92 Å². The standard InChI is InChI=1S/C24H17Cl4N7O4S2/c1-12-2-6-15(7-3-12)41(38,39)35-33-21(36)20(32-30-18-8-4-13(25)10-16(18)27)23-29-22(37)24(40-23)34-31-19-9-5-14(26)11-17(19)28/h2-11,30,35,37H,1H3,(H,33,36)/b32-20-,34-31?. The lowest BCUT2D eigenvalue weighted by Gasteiger charge is -2.10. The van der Waals surface area contributed by atoms with E-state index in [2.05, 4.69) is 31.2 Å². The van der Waals surface area contributed by atoms with Crippen LogP contribution in [0.2, 0.25) is 20.1 Å². The highest BCUT2D eigenvalue weighted by atomic mass is 35.5. The number of aromatic hydroxyl groups is 1. The van der Waals surface area contributed by atoms with Gasteiger partial charge in [-0.05, 0) is 55.5 Å². The van der Waals surface area contributed by atoms with Crippen LogP contribution in [0.3, 0.4) is 0 Å². The predicted octanol–water partition coefficient (Wildman–Crippen LogP) is 7.01. The van der Waals surface area contributed by atoms with Crippen molar-refractivity contribution in [1.82, 2.24) is 15.2 Å². The number of rotatable bonds is 9. The number of aryl methyl sites for hydroxylation is 1. The Morgan fingerprint density at radius 1 is 0.927 bits per heavy atom. The Balaban J connectivity index is 1.63. The van der Waals surface area contributed by atoms with E-state index in [9.17, 15) is 18.3 Å². The first-order valence-corrected chi connectivity index (χ1v) is 15.0. The fraction of sp³-hybridized carbons (Fsp3) is 0.0417. The van der Waals surface area contributed by atoms with Crippen molar-refractivity contribution in [3.63, 3.8) is 0 Å². The van der Waals surface area contributed by atoms with Crippen molar-refractivity contribution in [1.29, 1.82) is 0 Å². The molecule has 17 heteroatoms. The van der Waals surface area contributed by atoms with Crippen LogP contribution in [0.1, 0.15) is 10.6 Å². The van der Waals surface area contributed by atoms with E-state index in [0.29, 0.717) is 10.0 Å². The van der Waals surface area contributed by atoms with Gasteiger partial charge in [0.05, 0.1) is 20.6 Å². The van der Waals surface area contributed by atoms with Gasteiger partial charge in [0, 0.05) is 10.0 Å². The molecule has 4 N–H and O–H groups in total. The molecule has 11 nitrogen and oxygen atoms in total. The Hall–Kier alpha value is -3.30. The van der Waals surface area contributed by atoms with Crippen LogP contribution in [0.15, 0.2) is 80.9 Å². The van der Waals surface area contributed by atoms with Crippen molar-refractivity contribution in [3.8, 4) is 5.88 Å². The quantitative estimate of drug-likeness (QED) is 0.0851. The Labute approximate surface area is 257 Å². The van der Waals surface area contributed by atoms with E-state index in [0.717, 1.165) is 16.9 Å². The summed E-state index contributed by atoms with van der Waals surface area (Å²) in [5.41, 5.74) is 5.68. The highest BCUT2D eigenvalue weighted by Crippen LogP contribution is 2.36. The Kier molecular flexibility index (Phi) is 9.81. The summed E-state index contributed by atoms with van der Waals surface area (Å²) in [6.45, 7) is 1.80. The number of hydrazone groups is 1. The van der Waals surface area contributed by atoms with Gasteiger partial charge in [0.25, 0.3) is 21.8 Å². The van der Waals surface area contributed by atoms with Crippen LogP contribution in [0.4, 0.5) is 16.4 Å². The maximum absolute atomic E-state index is 13.2. The van der Waals surface area contributed by atoms with Gasteiger partial charge in [0.1, 0.15) is 5.69 Å². The lowest BCUT2D eigenvalue weighted by Crippen LogP contribution is -2.45.